The van der Waals surface area contributed by atoms with Crippen LogP contribution in [-0.2, 0) is 5.60 Å². The zero-order chi connectivity index (χ0) is 26.1. The number of aliphatic hydroxyl groups excluding tert-OH is 2. The molecule has 3 nitrogen and oxygen atoms in total. The Morgan fingerprint density at radius 2 is 1.92 bits per heavy atom. The molecule has 0 amide bonds. The van der Waals surface area contributed by atoms with Crippen LogP contribution in [-0.4, -0.2) is 33.3 Å². The van der Waals surface area contributed by atoms with Crippen LogP contribution in [0.15, 0.2) is 64.6 Å². The SMILES string of the molecule is C=C1/C(=C\C=C2/CCC[C@@]3(C)C2CCC3[C@@H](C)CSc2ccc(C(C)(O)CC)cc2)C[C@@H](O)C[C@@H]1O. The number of benzene rings is 1. The van der Waals surface area contributed by atoms with Crippen LogP contribution in [0.4, 0.5) is 0 Å². The van der Waals surface area contributed by atoms with E-state index in [4.69, 9.17) is 0 Å². The molecule has 0 spiro atoms. The lowest BCUT2D eigenvalue weighted by molar-refractivity contribution is 0.0530. The van der Waals surface area contributed by atoms with E-state index in [0.717, 1.165) is 34.8 Å². The maximum absolute atomic E-state index is 10.5. The summed E-state index contributed by atoms with van der Waals surface area (Å²) in [6, 6.07) is 8.49. The predicted octanol–water partition coefficient (Wildman–Crippen LogP) is 7.17. The normalized spacial score (nSPS) is 35.6. The minimum Gasteiger partial charge on any atom is -0.393 e. The molecule has 4 rings (SSSR count). The zero-order valence-corrected chi connectivity index (χ0v) is 23.5. The molecular formula is C32H46O3S. The Bertz CT molecular complexity index is 991. The number of fused-ring (bicyclic) bond motifs is 1. The Hall–Kier alpha value is -1.33. The summed E-state index contributed by atoms with van der Waals surface area (Å²) in [4.78, 5) is 1.28. The number of aliphatic hydroxyl groups is 3. The van der Waals surface area contributed by atoms with Crippen molar-refractivity contribution < 1.29 is 15.3 Å². The standard InChI is InChI=1S/C32H46O3S/c1-6-32(5,35)25-11-13-27(14-12-25)36-20-21(2)28-15-16-29-23(8-7-17-31(28,29)4)9-10-24-18-26(33)19-30(34)22(24)3/h9-14,21,26,28-30,33-35H,3,6-8,15-20H2,1-2,4-5H3/b23-9+,24-10-/t21-,26+,28?,29?,30-,31+,32?/m0/s1. The van der Waals surface area contributed by atoms with Crippen LogP contribution in [0.2, 0.25) is 0 Å². The molecule has 36 heavy (non-hydrogen) atoms. The first-order valence-electron chi connectivity index (χ1n) is 14.0. The van der Waals surface area contributed by atoms with Crippen molar-refractivity contribution in [3.05, 3.63) is 65.3 Å². The van der Waals surface area contributed by atoms with Gasteiger partial charge in [0.05, 0.1) is 17.8 Å². The summed E-state index contributed by atoms with van der Waals surface area (Å²) >= 11 is 1.95. The lowest BCUT2D eigenvalue weighted by Crippen LogP contribution is -2.36. The van der Waals surface area contributed by atoms with Gasteiger partial charge in [0, 0.05) is 17.1 Å². The summed E-state index contributed by atoms with van der Waals surface area (Å²) in [5.41, 5.74) is 3.92. The van der Waals surface area contributed by atoms with E-state index in [2.05, 4.69) is 56.8 Å². The third kappa shape index (κ3) is 5.72. The highest BCUT2D eigenvalue weighted by Gasteiger charge is 2.50. The van der Waals surface area contributed by atoms with Crippen molar-refractivity contribution in [1.29, 1.82) is 0 Å². The molecule has 0 aromatic heterocycles. The van der Waals surface area contributed by atoms with Gasteiger partial charge in [-0.15, -0.1) is 11.8 Å². The Morgan fingerprint density at radius 3 is 2.61 bits per heavy atom. The van der Waals surface area contributed by atoms with E-state index < -0.39 is 17.8 Å². The van der Waals surface area contributed by atoms with Crippen molar-refractivity contribution in [3.8, 4) is 0 Å². The van der Waals surface area contributed by atoms with E-state index in [1.807, 2.05) is 25.6 Å². The van der Waals surface area contributed by atoms with Crippen molar-refractivity contribution >= 4 is 11.8 Å². The quantitative estimate of drug-likeness (QED) is 0.340. The second kappa shape index (κ2) is 11.2. The molecule has 198 valence electrons. The molecule has 0 radical (unpaired) electrons. The summed E-state index contributed by atoms with van der Waals surface area (Å²) in [6.07, 6.45) is 11.3. The minimum absolute atomic E-state index is 0.342. The second-order valence-electron chi connectivity index (χ2n) is 12.1. The maximum Gasteiger partial charge on any atom is 0.0865 e. The zero-order valence-electron chi connectivity index (χ0n) is 22.7. The fourth-order valence-electron chi connectivity index (χ4n) is 7.14. The molecular weight excluding hydrogens is 464 g/mol. The number of hydrogen-bond donors (Lipinski definition) is 3. The van der Waals surface area contributed by atoms with Gasteiger partial charge in [0.2, 0.25) is 0 Å². The van der Waals surface area contributed by atoms with Crippen LogP contribution in [0, 0.1) is 23.2 Å². The monoisotopic (exact) mass is 510 g/mol. The molecule has 1 aromatic carbocycles. The molecule has 3 aliphatic rings. The van der Waals surface area contributed by atoms with Gasteiger partial charge in [-0.3, -0.25) is 0 Å². The molecule has 3 N–H and O–H groups in total. The summed E-state index contributed by atoms with van der Waals surface area (Å²) in [7, 11) is 0. The Labute approximate surface area is 222 Å². The Kier molecular flexibility index (Phi) is 8.61. The van der Waals surface area contributed by atoms with Gasteiger partial charge in [0.25, 0.3) is 0 Å². The first-order chi connectivity index (χ1) is 17.0. The van der Waals surface area contributed by atoms with Crippen molar-refractivity contribution in [2.24, 2.45) is 23.2 Å². The topological polar surface area (TPSA) is 60.7 Å². The summed E-state index contributed by atoms with van der Waals surface area (Å²) in [6.45, 7) is 13.0. The first kappa shape index (κ1) is 27.7. The molecule has 3 fully saturated rings. The van der Waals surface area contributed by atoms with Gasteiger partial charge >= 0.3 is 0 Å². The maximum atomic E-state index is 10.5. The highest BCUT2D eigenvalue weighted by molar-refractivity contribution is 7.99. The van der Waals surface area contributed by atoms with Gasteiger partial charge in [-0.05, 0) is 104 Å². The fourth-order valence-corrected chi connectivity index (χ4v) is 8.15. The summed E-state index contributed by atoms with van der Waals surface area (Å²) in [5.74, 6) is 3.11. The van der Waals surface area contributed by atoms with Gasteiger partial charge < -0.3 is 15.3 Å². The van der Waals surface area contributed by atoms with Crippen LogP contribution >= 0.6 is 11.8 Å². The highest BCUT2D eigenvalue weighted by Crippen LogP contribution is 2.59. The van der Waals surface area contributed by atoms with Crippen LogP contribution in [0.5, 0.6) is 0 Å². The third-order valence-electron chi connectivity index (χ3n) is 9.67. The van der Waals surface area contributed by atoms with E-state index >= 15 is 0 Å². The van der Waals surface area contributed by atoms with Crippen molar-refractivity contribution in [1.82, 2.24) is 0 Å². The molecule has 3 saturated carbocycles. The molecule has 0 aliphatic heterocycles. The van der Waals surface area contributed by atoms with Crippen molar-refractivity contribution in [3.63, 3.8) is 0 Å². The summed E-state index contributed by atoms with van der Waals surface area (Å²) in [5, 5.41) is 30.8. The van der Waals surface area contributed by atoms with Gasteiger partial charge in [0.1, 0.15) is 0 Å². The van der Waals surface area contributed by atoms with Crippen LogP contribution in [0.1, 0.15) is 84.6 Å². The molecule has 0 saturated heterocycles. The first-order valence-corrected chi connectivity index (χ1v) is 14.9. The second-order valence-corrected chi connectivity index (χ2v) is 13.2. The van der Waals surface area contributed by atoms with Gasteiger partial charge in [-0.2, -0.15) is 0 Å². The van der Waals surface area contributed by atoms with Crippen molar-refractivity contribution in [2.75, 3.05) is 5.75 Å². The smallest absolute Gasteiger partial charge is 0.0865 e. The average molecular weight is 511 g/mol. The van der Waals surface area contributed by atoms with Gasteiger partial charge in [-0.25, -0.2) is 0 Å². The number of thioether (sulfide) groups is 1. The van der Waals surface area contributed by atoms with E-state index in [0.29, 0.717) is 36.5 Å². The number of hydrogen-bond acceptors (Lipinski definition) is 4. The lowest BCUT2D eigenvalue weighted by Gasteiger charge is -2.44. The largest absolute Gasteiger partial charge is 0.393 e. The van der Waals surface area contributed by atoms with Crippen molar-refractivity contribution in [2.45, 2.75) is 102 Å². The molecule has 3 unspecified atom stereocenters. The van der Waals surface area contributed by atoms with E-state index in [9.17, 15) is 15.3 Å². The average Bonchev–Trinajstić information content (AvgIpc) is 3.21. The molecule has 1 aromatic rings. The summed E-state index contributed by atoms with van der Waals surface area (Å²) < 4.78 is 0. The minimum atomic E-state index is -0.754. The Balaban J connectivity index is 1.41. The van der Waals surface area contributed by atoms with E-state index in [-0.39, 0.29) is 0 Å². The van der Waals surface area contributed by atoms with Gasteiger partial charge in [-0.1, -0.05) is 57.2 Å². The molecule has 3 aliphatic carbocycles. The fraction of sp³-hybridized carbons (Fsp3) is 0.625. The molecule has 0 bridgehead atoms. The number of allylic oxidation sites excluding steroid dienone is 3. The number of rotatable bonds is 7. The van der Waals surface area contributed by atoms with E-state index in [1.165, 1.54) is 30.6 Å². The van der Waals surface area contributed by atoms with Crippen LogP contribution < -0.4 is 0 Å². The van der Waals surface area contributed by atoms with Gasteiger partial charge in [0.15, 0.2) is 0 Å². The highest BCUT2D eigenvalue weighted by atomic mass is 32.2. The van der Waals surface area contributed by atoms with E-state index in [1.54, 1.807) is 5.57 Å². The third-order valence-corrected chi connectivity index (χ3v) is 11.0. The molecule has 7 atom stereocenters. The Morgan fingerprint density at radius 1 is 1.19 bits per heavy atom. The lowest BCUT2D eigenvalue weighted by atomic mass is 9.61. The van der Waals surface area contributed by atoms with Crippen LogP contribution in [0.3, 0.4) is 0 Å². The molecule has 4 heteroatoms. The van der Waals surface area contributed by atoms with Crippen LogP contribution in [0.25, 0.3) is 0 Å². The predicted molar refractivity (Wildman–Crippen MR) is 151 cm³/mol. The molecule has 0 heterocycles.